The lowest BCUT2D eigenvalue weighted by Gasteiger charge is -2.45. The Hall–Kier alpha value is -0.720. The van der Waals surface area contributed by atoms with E-state index in [4.69, 9.17) is 11.2 Å². The van der Waals surface area contributed by atoms with Gasteiger partial charge in [0.1, 0.15) is 0 Å². The van der Waals surface area contributed by atoms with Gasteiger partial charge >= 0.3 is 5.97 Å². The summed E-state index contributed by atoms with van der Waals surface area (Å²) < 4.78 is 5.40. The molecule has 0 aliphatic carbocycles. The second-order valence-corrected chi connectivity index (χ2v) is 4.55. The van der Waals surface area contributed by atoms with Crippen molar-refractivity contribution in [3.05, 3.63) is 0 Å². The van der Waals surface area contributed by atoms with Crippen molar-refractivity contribution in [2.24, 2.45) is 11.8 Å². The summed E-state index contributed by atoms with van der Waals surface area (Å²) in [5, 5.41) is 0. The molecule has 92 valence electrons. The fourth-order valence-electron chi connectivity index (χ4n) is 2.52. The van der Waals surface area contributed by atoms with E-state index in [2.05, 4.69) is 17.9 Å². The molecule has 2 unspecified atom stereocenters. The highest BCUT2D eigenvalue weighted by Crippen LogP contribution is 2.35. The SMILES string of the molecule is C#CC1(OC(C)=O)C(C)CN(C)CC1C.Cl. The zero-order chi connectivity index (χ0) is 11.6. The molecule has 1 heterocycles. The molecule has 0 aromatic carbocycles. The largest absolute Gasteiger partial charge is 0.445 e. The van der Waals surface area contributed by atoms with E-state index in [1.807, 2.05) is 13.8 Å². The molecule has 16 heavy (non-hydrogen) atoms. The van der Waals surface area contributed by atoms with Crippen molar-refractivity contribution in [3.63, 3.8) is 0 Å². The third-order valence-electron chi connectivity index (χ3n) is 3.17. The average Bonchev–Trinajstić information content (AvgIpc) is 2.11. The lowest BCUT2D eigenvalue weighted by atomic mass is 9.75. The van der Waals surface area contributed by atoms with Gasteiger partial charge in [-0.25, -0.2) is 0 Å². The highest BCUT2D eigenvalue weighted by Gasteiger charge is 2.46. The Kier molecular flexibility index (Phi) is 5.31. The van der Waals surface area contributed by atoms with Gasteiger partial charge < -0.3 is 9.64 Å². The van der Waals surface area contributed by atoms with E-state index in [1.54, 1.807) is 0 Å². The Bertz CT molecular complexity index is 286. The summed E-state index contributed by atoms with van der Waals surface area (Å²) in [6, 6.07) is 0. The first kappa shape index (κ1) is 15.3. The number of terminal acetylenes is 1. The number of carbonyl (C=O) groups excluding carboxylic acids is 1. The van der Waals surface area contributed by atoms with Gasteiger partial charge in [0.15, 0.2) is 5.60 Å². The van der Waals surface area contributed by atoms with Gasteiger partial charge in [0, 0.05) is 31.8 Å². The van der Waals surface area contributed by atoms with Gasteiger partial charge in [-0.05, 0) is 7.05 Å². The summed E-state index contributed by atoms with van der Waals surface area (Å²) in [6.07, 6.45) is 5.57. The molecule has 0 saturated carbocycles. The zero-order valence-corrected chi connectivity index (χ0v) is 11.1. The first-order chi connectivity index (χ1) is 6.92. The molecule has 0 spiro atoms. The number of halogens is 1. The minimum absolute atomic E-state index is 0. The number of hydrogen-bond donors (Lipinski definition) is 0. The molecular weight excluding hydrogens is 226 g/mol. The molecule has 1 saturated heterocycles. The molecule has 0 amide bonds. The highest BCUT2D eigenvalue weighted by molar-refractivity contribution is 5.85. The Morgan fingerprint density at radius 3 is 2.19 bits per heavy atom. The van der Waals surface area contributed by atoms with Crippen molar-refractivity contribution in [1.29, 1.82) is 0 Å². The predicted octanol–water partition coefficient (Wildman–Crippen LogP) is 1.56. The van der Waals surface area contributed by atoms with Gasteiger partial charge in [-0.1, -0.05) is 19.8 Å². The number of esters is 1. The van der Waals surface area contributed by atoms with E-state index in [0.717, 1.165) is 13.1 Å². The molecule has 1 aliphatic rings. The Morgan fingerprint density at radius 2 is 1.88 bits per heavy atom. The van der Waals surface area contributed by atoms with Crippen LogP contribution in [-0.4, -0.2) is 36.6 Å². The predicted molar refractivity (Wildman–Crippen MR) is 66.4 cm³/mol. The maximum atomic E-state index is 11.1. The maximum Gasteiger partial charge on any atom is 0.304 e. The van der Waals surface area contributed by atoms with E-state index >= 15 is 0 Å². The van der Waals surface area contributed by atoms with Gasteiger partial charge in [-0.2, -0.15) is 0 Å². The first-order valence-electron chi connectivity index (χ1n) is 5.28. The minimum atomic E-state index is -0.724. The van der Waals surface area contributed by atoms with E-state index in [9.17, 15) is 4.79 Å². The fourth-order valence-corrected chi connectivity index (χ4v) is 2.52. The summed E-state index contributed by atoms with van der Waals surface area (Å²) in [5.41, 5.74) is -0.724. The van der Waals surface area contributed by atoms with Crippen molar-refractivity contribution >= 4 is 18.4 Å². The summed E-state index contributed by atoms with van der Waals surface area (Å²) >= 11 is 0. The molecule has 0 radical (unpaired) electrons. The normalized spacial score (nSPS) is 34.7. The average molecular weight is 246 g/mol. The maximum absolute atomic E-state index is 11.1. The van der Waals surface area contributed by atoms with Crippen molar-refractivity contribution < 1.29 is 9.53 Å². The van der Waals surface area contributed by atoms with Crippen molar-refractivity contribution in [2.45, 2.75) is 26.4 Å². The zero-order valence-electron chi connectivity index (χ0n) is 10.3. The van der Waals surface area contributed by atoms with Gasteiger partial charge in [0.2, 0.25) is 0 Å². The number of hydrogen-bond acceptors (Lipinski definition) is 3. The van der Waals surface area contributed by atoms with E-state index in [0.29, 0.717) is 0 Å². The molecule has 4 heteroatoms. The lowest BCUT2D eigenvalue weighted by molar-refractivity contribution is -0.166. The smallest absolute Gasteiger partial charge is 0.304 e. The molecule has 0 bridgehead atoms. The van der Waals surface area contributed by atoms with Crippen LogP contribution < -0.4 is 0 Å². The second-order valence-electron chi connectivity index (χ2n) is 4.55. The number of likely N-dealkylation sites (tertiary alicyclic amines) is 1. The molecule has 0 aromatic rings. The number of piperidine rings is 1. The number of nitrogens with zero attached hydrogens (tertiary/aromatic N) is 1. The van der Waals surface area contributed by atoms with E-state index < -0.39 is 5.60 Å². The lowest BCUT2D eigenvalue weighted by Crippen LogP contribution is -2.56. The van der Waals surface area contributed by atoms with Crippen LogP contribution in [0.5, 0.6) is 0 Å². The number of rotatable bonds is 1. The molecule has 1 aliphatic heterocycles. The van der Waals surface area contributed by atoms with Crippen molar-refractivity contribution in [1.82, 2.24) is 4.90 Å². The van der Waals surface area contributed by atoms with Gasteiger partial charge in [0.25, 0.3) is 0 Å². The fraction of sp³-hybridized carbons (Fsp3) is 0.750. The summed E-state index contributed by atoms with van der Waals surface area (Å²) in [7, 11) is 2.06. The number of carbonyl (C=O) groups is 1. The molecule has 0 N–H and O–H groups in total. The highest BCUT2D eigenvalue weighted by atomic mass is 35.5. The monoisotopic (exact) mass is 245 g/mol. The molecule has 0 aromatic heterocycles. The molecular formula is C12H20ClNO2. The van der Waals surface area contributed by atoms with Crippen LogP contribution in [0.2, 0.25) is 0 Å². The van der Waals surface area contributed by atoms with Crippen molar-refractivity contribution in [2.75, 3.05) is 20.1 Å². The van der Waals surface area contributed by atoms with Crippen LogP contribution in [0.4, 0.5) is 0 Å². The molecule has 1 rings (SSSR count). The minimum Gasteiger partial charge on any atom is -0.445 e. The van der Waals surface area contributed by atoms with Crippen molar-refractivity contribution in [3.8, 4) is 12.3 Å². The van der Waals surface area contributed by atoms with Crippen LogP contribution in [0.1, 0.15) is 20.8 Å². The molecule has 2 atom stereocenters. The van der Waals surface area contributed by atoms with E-state index in [-0.39, 0.29) is 30.2 Å². The standard InChI is InChI=1S/C12H19NO2.ClH/c1-6-12(15-11(4)14)9(2)7-13(5)8-10(12)3;/h1,9-10H,7-8H2,2-5H3;1H. The van der Waals surface area contributed by atoms with Crippen LogP contribution in [-0.2, 0) is 9.53 Å². The Labute approximate surface area is 104 Å². The summed E-state index contributed by atoms with van der Waals surface area (Å²) in [6.45, 7) is 7.21. The van der Waals surface area contributed by atoms with Gasteiger partial charge in [0.05, 0.1) is 0 Å². The number of ether oxygens (including phenoxy) is 1. The molecule has 3 nitrogen and oxygen atoms in total. The third-order valence-corrected chi connectivity index (χ3v) is 3.17. The topological polar surface area (TPSA) is 29.5 Å². The second kappa shape index (κ2) is 5.56. The Balaban J connectivity index is 0.00000225. The van der Waals surface area contributed by atoms with Crippen LogP contribution in [0.25, 0.3) is 0 Å². The summed E-state index contributed by atoms with van der Waals surface area (Å²) in [5.74, 6) is 2.74. The quantitative estimate of drug-likeness (QED) is 0.519. The van der Waals surface area contributed by atoms with Crippen LogP contribution in [0, 0.1) is 24.2 Å². The van der Waals surface area contributed by atoms with Crippen LogP contribution >= 0.6 is 12.4 Å². The van der Waals surface area contributed by atoms with Crippen LogP contribution in [0.3, 0.4) is 0 Å². The molecule has 1 fully saturated rings. The van der Waals surface area contributed by atoms with Gasteiger partial charge in [-0.3, -0.25) is 4.79 Å². The van der Waals surface area contributed by atoms with E-state index in [1.165, 1.54) is 6.92 Å². The third kappa shape index (κ3) is 2.69. The summed E-state index contributed by atoms with van der Waals surface area (Å²) in [4.78, 5) is 13.3. The Morgan fingerprint density at radius 1 is 1.44 bits per heavy atom. The van der Waals surface area contributed by atoms with Gasteiger partial charge in [-0.15, -0.1) is 18.8 Å². The van der Waals surface area contributed by atoms with Crippen LogP contribution in [0.15, 0.2) is 0 Å². The first-order valence-corrected chi connectivity index (χ1v) is 5.28.